The number of hydrogen-bond acceptors (Lipinski definition) is 3. The molecule has 0 bridgehead atoms. The minimum Gasteiger partial charge on any atom is -0.329 e. The molecule has 0 radical (unpaired) electrons. The summed E-state index contributed by atoms with van der Waals surface area (Å²) >= 11 is 0. The second-order valence-electron chi connectivity index (χ2n) is 4.85. The van der Waals surface area contributed by atoms with Crippen LogP contribution in [-0.2, 0) is 6.54 Å². The molecule has 0 saturated heterocycles. The van der Waals surface area contributed by atoms with Crippen LogP contribution in [0.5, 0.6) is 0 Å². The van der Waals surface area contributed by atoms with Gasteiger partial charge in [-0.25, -0.2) is 0 Å². The summed E-state index contributed by atoms with van der Waals surface area (Å²) in [6, 6.07) is 4.16. The van der Waals surface area contributed by atoms with Gasteiger partial charge in [-0.1, -0.05) is 12.8 Å². The summed E-state index contributed by atoms with van der Waals surface area (Å²) in [5.74, 6) is 0. The number of hydrogen-bond donors (Lipinski definition) is 1. The zero-order valence-corrected chi connectivity index (χ0v) is 10.0. The van der Waals surface area contributed by atoms with Gasteiger partial charge in [-0.3, -0.25) is 9.88 Å². The summed E-state index contributed by atoms with van der Waals surface area (Å²) in [4.78, 5) is 6.47. The Morgan fingerprint density at radius 2 is 1.94 bits per heavy atom. The van der Waals surface area contributed by atoms with Gasteiger partial charge in [0.2, 0.25) is 0 Å². The highest BCUT2D eigenvalue weighted by Gasteiger charge is 2.36. The fraction of sp³-hybridized carbons (Fsp3) is 0.615. The van der Waals surface area contributed by atoms with Crippen molar-refractivity contribution in [3.05, 3.63) is 30.1 Å². The maximum absolute atomic E-state index is 5.97. The van der Waals surface area contributed by atoms with Gasteiger partial charge >= 0.3 is 0 Å². The standard InChI is InChI=1S/C13H21N3/c1-16(10-12-4-8-15-9-5-12)13(11-14)6-2-3-7-13/h4-5,8-9H,2-3,6-7,10-11,14H2,1H3. The number of pyridine rings is 1. The third kappa shape index (κ3) is 2.25. The number of likely N-dealkylation sites (N-methyl/N-ethyl adjacent to an activating group) is 1. The lowest BCUT2D eigenvalue weighted by atomic mass is 9.95. The Morgan fingerprint density at radius 3 is 2.50 bits per heavy atom. The van der Waals surface area contributed by atoms with Gasteiger partial charge in [0, 0.05) is 31.0 Å². The molecule has 0 amide bonds. The molecule has 0 atom stereocenters. The molecule has 0 spiro atoms. The first kappa shape index (κ1) is 11.6. The monoisotopic (exact) mass is 219 g/mol. The summed E-state index contributed by atoms with van der Waals surface area (Å²) in [5, 5.41) is 0. The van der Waals surface area contributed by atoms with Crippen LogP contribution in [0.2, 0.25) is 0 Å². The first-order valence-electron chi connectivity index (χ1n) is 6.07. The molecule has 3 nitrogen and oxygen atoms in total. The lowest BCUT2D eigenvalue weighted by Crippen LogP contribution is -2.49. The Bertz CT molecular complexity index is 317. The van der Waals surface area contributed by atoms with Crippen molar-refractivity contribution in [3.8, 4) is 0 Å². The third-order valence-corrected chi connectivity index (χ3v) is 3.89. The molecule has 1 aromatic heterocycles. The SMILES string of the molecule is CN(Cc1ccncc1)C1(CN)CCCC1. The van der Waals surface area contributed by atoms with Crippen LogP contribution >= 0.6 is 0 Å². The van der Waals surface area contributed by atoms with E-state index in [1.165, 1.54) is 31.2 Å². The largest absolute Gasteiger partial charge is 0.329 e. The van der Waals surface area contributed by atoms with Crippen LogP contribution in [-0.4, -0.2) is 29.0 Å². The van der Waals surface area contributed by atoms with Gasteiger partial charge in [0.25, 0.3) is 0 Å². The van der Waals surface area contributed by atoms with Crippen molar-refractivity contribution in [2.45, 2.75) is 37.8 Å². The molecule has 1 aliphatic rings. The second-order valence-corrected chi connectivity index (χ2v) is 4.85. The van der Waals surface area contributed by atoms with Crippen LogP contribution in [0.1, 0.15) is 31.2 Å². The molecule has 1 heterocycles. The number of rotatable bonds is 4. The Hall–Kier alpha value is -0.930. The molecule has 88 valence electrons. The fourth-order valence-electron chi connectivity index (χ4n) is 2.70. The highest BCUT2D eigenvalue weighted by atomic mass is 15.2. The highest BCUT2D eigenvalue weighted by Crippen LogP contribution is 2.34. The first-order valence-corrected chi connectivity index (χ1v) is 6.07. The number of nitrogens with two attached hydrogens (primary N) is 1. The molecular weight excluding hydrogens is 198 g/mol. The number of nitrogens with zero attached hydrogens (tertiary/aromatic N) is 2. The molecule has 1 fully saturated rings. The van der Waals surface area contributed by atoms with E-state index >= 15 is 0 Å². The van der Waals surface area contributed by atoms with Gasteiger partial charge in [-0.2, -0.15) is 0 Å². The van der Waals surface area contributed by atoms with Crippen LogP contribution in [0.4, 0.5) is 0 Å². The van der Waals surface area contributed by atoms with Crippen LogP contribution in [0.25, 0.3) is 0 Å². The lowest BCUT2D eigenvalue weighted by molar-refractivity contribution is 0.124. The summed E-state index contributed by atoms with van der Waals surface area (Å²) in [6.07, 6.45) is 8.83. The van der Waals surface area contributed by atoms with E-state index in [9.17, 15) is 0 Å². The second kappa shape index (κ2) is 4.93. The summed E-state index contributed by atoms with van der Waals surface area (Å²) in [5.41, 5.74) is 7.53. The van der Waals surface area contributed by atoms with Crippen LogP contribution in [0, 0.1) is 0 Å². The van der Waals surface area contributed by atoms with Crippen LogP contribution in [0.15, 0.2) is 24.5 Å². The average Bonchev–Trinajstić information content (AvgIpc) is 2.80. The van der Waals surface area contributed by atoms with Crippen molar-refractivity contribution in [2.24, 2.45) is 5.73 Å². The smallest absolute Gasteiger partial charge is 0.0332 e. The molecule has 3 heteroatoms. The Morgan fingerprint density at radius 1 is 1.31 bits per heavy atom. The van der Waals surface area contributed by atoms with Gasteiger partial charge in [0.05, 0.1) is 0 Å². The van der Waals surface area contributed by atoms with Gasteiger partial charge < -0.3 is 5.73 Å². The Labute approximate surface area is 97.7 Å². The highest BCUT2D eigenvalue weighted by molar-refractivity contribution is 5.10. The van der Waals surface area contributed by atoms with Crippen molar-refractivity contribution in [1.82, 2.24) is 9.88 Å². The molecule has 0 aromatic carbocycles. The zero-order chi connectivity index (χ0) is 11.4. The molecule has 2 rings (SSSR count). The third-order valence-electron chi connectivity index (χ3n) is 3.89. The van der Waals surface area contributed by atoms with E-state index in [1.807, 2.05) is 12.4 Å². The Kier molecular flexibility index (Phi) is 3.56. The first-order chi connectivity index (χ1) is 7.77. The van der Waals surface area contributed by atoms with Crippen molar-refractivity contribution in [1.29, 1.82) is 0 Å². The van der Waals surface area contributed by atoms with E-state index in [2.05, 4.69) is 29.1 Å². The molecule has 2 N–H and O–H groups in total. The molecule has 0 aliphatic heterocycles. The van der Waals surface area contributed by atoms with Crippen molar-refractivity contribution >= 4 is 0 Å². The predicted octanol–water partition coefficient (Wildman–Crippen LogP) is 1.78. The van der Waals surface area contributed by atoms with Gasteiger partial charge in [0.1, 0.15) is 0 Å². The van der Waals surface area contributed by atoms with E-state index in [0.717, 1.165) is 13.1 Å². The Balaban J connectivity index is 2.04. The van der Waals surface area contributed by atoms with Gasteiger partial charge in [-0.05, 0) is 37.6 Å². The van der Waals surface area contributed by atoms with E-state index in [1.54, 1.807) is 0 Å². The molecular formula is C13H21N3. The quantitative estimate of drug-likeness (QED) is 0.839. The minimum atomic E-state index is 0.239. The summed E-state index contributed by atoms with van der Waals surface area (Å²) in [6.45, 7) is 1.74. The average molecular weight is 219 g/mol. The van der Waals surface area contributed by atoms with Crippen molar-refractivity contribution in [3.63, 3.8) is 0 Å². The summed E-state index contributed by atoms with van der Waals surface area (Å²) < 4.78 is 0. The molecule has 0 unspecified atom stereocenters. The lowest BCUT2D eigenvalue weighted by Gasteiger charge is -2.38. The molecule has 16 heavy (non-hydrogen) atoms. The fourth-order valence-corrected chi connectivity index (χ4v) is 2.70. The van der Waals surface area contributed by atoms with Crippen LogP contribution in [0.3, 0.4) is 0 Å². The van der Waals surface area contributed by atoms with Crippen molar-refractivity contribution < 1.29 is 0 Å². The predicted molar refractivity (Wildman–Crippen MR) is 66.0 cm³/mol. The van der Waals surface area contributed by atoms with Gasteiger partial charge in [0.15, 0.2) is 0 Å². The summed E-state index contributed by atoms with van der Waals surface area (Å²) in [7, 11) is 2.19. The van der Waals surface area contributed by atoms with Crippen molar-refractivity contribution in [2.75, 3.05) is 13.6 Å². The van der Waals surface area contributed by atoms with E-state index in [4.69, 9.17) is 5.73 Å². The maximum atomic E-state index is 5.97. The zero-order valence-electron chi connectivity index (χ0n) is 10.0. The van der Waals surface area contributed by atoms with Crippen LogP contribution < -0.4 is 5.73 Å². The normalized spacial score (nSPS) is 19.2. The molecule has 1 aliphatic carbocycles. The van der Waals surface area contributed by atoms with E-state index in [0.29, 0.717) is 0 Å². The minimum absolute atomic E-state index is 0.239. The van der Waals surface area contributed by atoms with E-state index in [-0.39, 0.29) is 5.54 Å². The van der Waals surface area contributed by atoms with Gasteiger partial charge in [-0.15, -0.1) is 0 Å². The molecule has 1 aromatic rings. The van der Waals surface area contributed by atoms with E-state index < -0.39 is 0 Å². The topological polar surface area (TPSA) is 42.2 Å². The molecule has 1 saturated carbocycles. The number of aromatic nitrogens is 1. The maximum Gasteiger partial charge on any atom is 0.0332 e.